The normalized spacial score (nSPS) is 16.5. The van der Waals surface area contributed by atoms with Crippen molar-refractivity contribution in [1.82, 2.24) is 4.90 Å². The van der Waals surface area contributed by atoms with Crippen LogP contribution in [0.3, 0.4) is 0 Å². The van der Waals surface area contributed by atoms with Crippen molar-refractivity contribution in [2.24, 2.45) is 4.40 Å². The zero-order valence-corrected chi connectivity index (χ0v) is 17.4. The Morgan fingerprint density at radius 1 is 1.37 bits per heavy atom. The fraction of sp³-hybridized carbons (Fsp3) is 0.412. The molecule has 1 heterocycles. The molecular formula is C17H19ClN4O3S2. The zero-order valence-electron chi connectivity index (χ0n) is 15.0. The summed E-state index contributed by atoms with van der Waals surface area (Å²) in [6.45, 7) is 6.98. The van der Waals surface area contributed by atoms with Gasteiger partial charge in [-0.3, -0.25) is 9.69 Å². The molecule has 0 saturated carbocycles. The molecule has 0 unspecified atom stereocenters. The van der Waals surface area contributed by atoms with Gasteiger partial charge in [-0.05, 0) is 57.1 Å². The summed E-state index contributed by atoms with van der Waals surface area (Å²) >= 11 is 11.6. The summed E-state index contributed by atoms with van der Waals surface area (Å²) in [6, 6.07) is 6.67. The predicted molar refractivity (Wildman–Crippen MR) is 110 cm³/mol. The highest BCUT2D eigenvalue weighted by Crippen LogP contribution is 2.34. The van der Waals surface area contributed by atoms with E-state index in [2.05, 4.69) is 11.1 Å². The molecule has 0 aromatic heterocycles. The van der Waals surface area contributed by atoms with Gasteiger partial charge >= 0.3 is 0 Å². The fourth-order valence-corrected chi connectivity index (χ4v) is 4.21. The van der Waals surface area contributed by atoms with Crippen LogP contribution in [0.15, 0.2) is 22.6 Å². The third-order valence-electron chi connectivity index (χ3n) is 4.39. The number of amides is 1. The zero-order chi connectivity index (χ0) is 20.4. The molecule has 0 radical (unpaired) electrons. The van der Waals surface area contributed by atoms with Crippen LogP contribution >= 0.6 is 23.8 Å². The van der Waals surface area contributed by atoms with Gasteiger partial charge in [0.15, 0.2) is 5.11 Å². The number of nitrogens with zero attached hydrogens (tertiary/aromatic N) is 4. The van der Waals surface area contributed by atoms with Crippen LogP contribution in [0.2, 0.25) is 5.02 Å². The first-order valence-electron chi connectivity index (χ1n) is 8.11. The van der Waals surface area contributed by atoms with Gasteiger partial charge in [-0.25, -0.2) is 8.42 Å². The van der Waals surface area contributed by atoms with E-state index in [0.29, 0.717) is 35.7 Å². The molecule has 1 aromatic rings. The minimum absolute atomic E-state index is 0.0968. The lowest BCUT2D eigenvalue weighted by Gasteiger charge is -2.29. The molecule has 1 fully saturated rings. The van der Waals surface area contributed by atoms with Crippen molar-refractivity contribution in [3.8, 4) is 6.07 Å². The van der Waals surface area contributed by atoms with Crippen molar-refractivity contribution in [2.75, 3.05) is 17.2 Å². The Bertz CT molecular complexity index is 938. The van der Waals surface area contributed by atoms with Gasteiger partial charge in [0.1, 0.15) is 11.6 Å². The van der Waals surface area contributed by atoms with Gasteiger partial charge in [0, 0.05) is 13.3 Å². The smallest absolute Gasteiger partial charge is 0.258 e. The molecule has 144 valence electrons. The second-order valence-electron chi connectivity index (χ2n) is 6.53. The van der Waals surface area contributed by atoms with Crippen LogP contribution in [-0.2, 0) is 14.8 Å². The molecule has 0 N–H and O–H groups in total. The Balaban J connectivity index is 2.18. The predicted octanol–water partition coefficient (Wildman–Crippen LogP) is 2.73. The van der Waals surface area contributed by atoms with Gasteiger partial charge in [-0.15, -0.1) is 0 Å². The molecular weight excluding hydrogens is 408 g/mol. The van der Waals surface area contributed by atoms with Crippen LogP contribution < -0.4 is 4.90 Å². The summed E-state index contributed by atoms with van der Waals surface area (Å²) in [4.78, 5) is 16.1. The van der Waals surface area contributed by atoms with Gasteiger partial charge in [0.25, 0.3) is 15.9 Å². The van der Waals surface area contributed by atoms with Crippen LogP contribution in [0.5, 0.6) is 0 Å². The molecule has 2 rings (SSSR count). The van der Waals surface area contributed by atoms with E-state index in [1.807, 2.05) is 6.07 Å². The number of halogens is 1. The number of carbonyl (C=O) groups excluding carboxylic acids is 1. The Hall–Kier alpha value is -2.02. The highest BCUT2D eigenvalue weighted by atomic mass is 35.5. The number of thiocarbonyl (C=S) groups is 1. The molecule has 0 spiro atoms. The van der Waals surface area contributed by atoms with Crippen LogP contribution in [0.1, 0.15) is 32.3 Å². The summed E-state index contributed by atoms with van der Waals surface area (Å²) in [5.41, 5.74) is -0.0818. The first-order chi connectivity index (χ1) is 12.5. The Morgan fingerprint density at radius 2 is 2.04 bits per heavy atom. The number of hydrogen-bond donors (Lipinski definition) is 0. The lowest BCUT2D eigenvalue weighted by molar-refractivity contribution is -0.123. The van der Waals surface area contributed by atoms with Crippen molar-refractivity contribution in [1.29, 1.82) is 5.26 Å². The van der Waals surface area contributed by atoms with Crippen molar-refractivity contribution in [3.63, 3.8) is 0 Å². The van der Waals surface area contributed by atoms with Crippen molar-refractivity contribution in [2.45, 2.75) is 32.2 Å². The van der Waals surface area contributed by atoms with Gasteiger partial charge in [-0.2, -0.15) is 9.66 Å². The fourth-order valence-electron chi connectivity index (χ4n) is 2.79. The molecule has 10 heteroatoms. The lowest BCUT2D eigenvalue weighted by atomic mass is 10.0. The number of nitriles is 1. The average molecular weight is 427 g/mol. The van der Waals surface area contributed by atoms with Crippen molar-refractivity contribution >= 4 is 57.3 Å². The number of anilines is 1. The number of hydrogen-bond acceptors (Lipinski definition) is 5. The van der Waals surface area contributed by atoms with Crippen LogP contribution in [0.25, 0.3) is 0 Å². The van der Waals surface area contributed by atoms with Crippen molar-refractivity contribution in [3.05, 3.63) is 28.8 Å². The molecule has 0 bridgehead atoms. The molecule has 7 nitrogen and oxygen atoms in total. The second kappa shape index (κ2) is 7.92. The first-order valence-corrected chi connectivity index (χ1v) is 10.5. The lowest BCUT2D eigenvalue weighted by Crippen LogP contribution is -2.44. The van der Waals surface area contributed by atoms with Gasteiger partial charge in [0.05, 0.1) is 22.0 Å². The Morgan fingerprint density at radius 3 is 2.59 bits per heavy atom. The molecule has 0 aliphatic carbocycles. The van der Waals surface area contributed by atoms with Gasteiger partial charge < -0.3 is 4.90 Å². The molecule has 1 aliphatic heterocycles. The molecule has 1 saturated heterocycles. The van der Waals surface area contributed by atoms with Crippen LogP contribution in [-0.4, -0.2) is 48.9 Å². The largest absolute Gasteiger partial charge is 0.334 e. The van der Waals surface area contributed by atoms with E-state index in [1.54, 1.807) is 24.8 Å². The topological polar surface area (TPSA) is 93.8 Å². The summed E-state index contributed by atoms with van der Waals surface area (Å²) in [5, 5.41) is 9.55. The van der Waals surface area contributed by atoms with E-state index in [4.69, 9.17) is 29.1 Å². The summed E-state index contributed by atoms with van der Waals surface area (Å²) in [5.74, 6) is -0.311. The molecule has 1 aliphatic rings. The summed E-state index contributed by atoms with van der Waals surface area (Å²) in [6.07, 6.45) is 0.904. The number of sulfonamides is 1. The number of unbranched alkanes of at least 4 members (excludes halogenated alkanes) is 1. The highest BCUT2D eigenvalue weighted by Gasteiger charge is 2.49. The maximum Gasteiger partial charge on any atom is 0.258 e. The van der Waals surface area contributed by atoms with E-state index in [-0.39, 0.29) is 16.7 Å². The third-order valence-corrected chi connectivity index (χ3v) is 6.30. The number of carbonyl (C=O) groups is 1. The van der Waals surface area contributed by atoms with Crippen LogP contribution in [0.4, 0.5) is 5.69 Å². The average Bonchev–Trinajstić information content (AvgIpc) is 2.77. The van der Waals surface area contributed by atoms with Gasteiger partial charge in [0.2, 0.25) is 0 Å². The molecule has 0 atom stereocenters. The van der Waals surface area contributed by atoms with Gasteiger partial charge in [-0.1, -0.05) is 11.6 Å². The first kappa shape index (κ1) is 21.3. The van der Waals surface area contributed by atoms with E-state index in [0.717, 1.165) is 0 Å². The molecule has 27 heavy (non-hydrogen) atoms. The Labute approximate surface area is 169 Å². The number of rotatable bonds is 7. The van der Waals surface area contributed by atoms with E-state index >= 15 is 0 Å². The molecule has 1 aromatic carbocycles. The molecule has 1 amide bonds. The summed E-state index contributed by atoms with van der Waals surface area (Å²) < 4.78 is 25.9. The van der Waals surface area contributed by atoms with E-state index in [1.165, 1.54) is 17.0 Å². The van der Waals surface area contributed by atoms with E-state index < -0.39 is 15.6 Å². The quantitative estimate of drug-likeness (QED) is 0.378. The monoisotopic (exact) mass is 426 g/mol. The van der Waals surface area contributed by atoms with Crippen molar-refractivity contribution < 1.29 is 13.2 Å². The summed E-state index contributed by atoms with van der Waals surface area (Å²) in [7, 11) is -3.49. The Kier molecular flexibility index (Phi) is 6.24. The standard InChI is InChI=1S/C17H19ClN4O3S2/c1-17(2)15(23)22(13-7-6-12(11-19)14(18)10-13)16(26)21(17)8-4-5-9-27(24,25)20-3/h6-7,10H,3-5,8-9H2,1-2H3. The second-order valence-corrected chi connectivity index (χ2v) is 9.13. The maximum atomic E-state index is 12.9. The third kappa shape index (κ3) is 4.29. The highest BCUT2D eigenvalue weighted by molar-refractivity contribution is 7.90. The minimum atomic E-state index is -3.49. The van der Waals surface area contributed by atoms with Crippen LogP contribution in [0, 0.1) is 11.3 Å². The minimum Gasteiger partial charge on any atom is -0.334 e. The maximum absolute atomic E-state index is 12.9. The SMILES string of the molecule is C=NS(=O)(=O)CCCCN1C(=S)N(c2ccc(C#N)c(Cl)c2)C(=O)C1(C)C. The number of benzene rings is 1. The van der Waals surface area contributed by atoms with E-state index in [9.17, 15) is 13.2 Å².